The van der Waals surface area contributed by atoms with Gasteiger partial charge in [0.05, 0.1) is 5.56 Å². The van der Waals surface area contributed by atoms with Crippen LogP contribution in [0.25, 0.3) is 0 Å². The molecule has 3 N–H and O–H groups in total. The van der Waals surface area contributed by atoms with Gasteiger partial charge in [-0.2, -0.15) is 0 Å². The fourth-order valence-electron chi connectivity index (χ4n) is 1.76. The summed E-state index contributed by atoms with van der Waals surface area (Å²) < 4.78 is 0. The van der Waals surface area contributed by atoms with Crippen molar-refractivity contribution in [3.8, 4) is 0 Å². The predicted octanol–water partition coefficient (Wildman–Crippen LogP) is 1.16. The first-order valence-electron chi connectivity index (χ1n) is 5.06. The third-order valence-electron chi connectivity index (χ3n) is 2.54. The van der Waals surface area contributed by atoms with Crippen LogP contribution < -0.4 is 10.6 Å². The SMILES string of the molecule is O=C(O)c1cccc(NC2CCNC2)c1. The van der Waals surface area contributed by atoms with Crippen molar-refractivity contribution in [3.05, 3.63) is 29.8 Å². The molecule has 0 bridgehead atoms. The summed E-state index contributed by atoms with van der Waals surface area (Å²) in [5, 5.41) is 15.4. The molecule has 0 amide bonds. The van der Waals surface area contributed by atoms with Gasteiger partial charge in [0.15, 0.2) is 0 Å². The summed E-state index contributed by atoms with van der Waals surface area (Å²) in [6, 6.07) is 7.33. The molecule has 4 heteroatoms. The Balaban J connectivity index is 2.07. The summed E-state index contributed by atoms with van der Waals surface area (Å²) in [7, 11) is 0. The van der Waals surface area contributed by atoms with Gasteiger partial charge in [-0.25, -0.2) is 4.79 Å². The van der Waals surface area contributed by atoms with Crippen molar-refractivity contribution in [3.63, 3.8) is 0 Å². The van der Waals surface area contributed by atoms with E-state index in [1.165, 1.54) is 0 Å². The molecule has 0 spiro atoms. The van der Waals surface area contributed by atoms with Gasteiger partial charge in [-0.1, -0.05) is 6.07 Å². The number of aromatic carboxylic acids is 1. The Labute approximate surface area is 88.3 Å². The molecule has 15 heavy (non-hydrogen) atoms. The molecular weight excluding hydrogens is 192 g/mol. The fraction of sp³-hybridized carbons (Fsp3) is 0.364. The van der Waals surface area contributed by atoms with Gasteiger partial charge >= 0.3 is 5.97 Å². The molecule has 2 rings (SSSR count). The van der Waals surface area contributed by atoms with E-state index in [9.17, 15) is 4.79 Å². The molecule has 1 aliphatic heterocycles. The normalized spacial score (nSPS) is 20.1. The summed E-state index contributed by atoms with van der Waals surface area (Å²) in [6.45, 7) is 1.97. The van der Waals surface area contributed by atoms with Crippen LogP contribution in [-0.2, 0) is 0 Å². The molecule has 1 aromatic carbocycles. The van der Waals surface area contributed by atoms with Crippen LogP contribution in [0.1, 0.15) is 16.8 Å². The van der Waals surface area contributed by atoms with Crippen molar-refractivity contribution in [2.45, 2.75) is 12.5 Å². The highest BCUT2D eigenvalue weighted by Gasteiger charge is 2.14. The van der Waals surface area contributed by atoms with Crippen molar-refractivity contribution < 1.29 is 9.90 Å². The molecule has 1 unspecified atom stereocenters. The van der Waals surface area contributed by atoms with Gasteiger partial charge < -0.3 is 15.7 Å². The first-order valence-corrected chi connectivity index (χ1v) is 5.06. The molecule has 1 heterocycles. The van der Waals surface area contributed by atoms with E-state index in [1.807, 2.05) is 6.07 Å². The van der Waals surface area contributed by atoms with Crippen molar-refractivity contribution in [2.75, 3.05) is 18.4 Å². The number of carboxylic acid groups (broad SMARTS) is 1. The van der Waals surface area contributed by atoms with Gasteiger partial charge in [-0.15, -0.1) is 0 Å². The standard InChI is InChI=1S/C11H14N2O2/c14-11(15)8-2-1-3-9(6-8)13-10-4-5-12-7-10/h1-3,6,10,12-13H,4-5,7H2,(H,14,15). The van der Waals surface area contributed by atoms with E-state index in [0.29, 0.717) is 11.6 Å². The molecule has 1 atom stereocenters. The molecule has 0 aromatic heterocycles. The highest BCUT2D eigenvalue weighted by atomic mass is 16.4. The molecule has 0 saturated carbocycles. The molecule has 1 aromatic rings. The lowest BCUT2D eigenvalue weighted by atomic mass is 10.2. The lowest BCUT2D eigenvalue weighted by molar-refractivity contribution is 0.0697. The molecule has 1 aliphatic rings. The van der Waals surface area contributed by atoms with Gasteiger partial charge in [0, 0.05) is 18.3 Å². The molecule has 1 fully saturated rings. The van der Waals surface area contributed by atoms with Crippen molar-refractivity contribution >= 4 is 11.7 Å². The topological polar surface area (TPSA) is 61.4 Å². The number of carboxylic acids is 1. The average molecular weight is 206 g/mol. The van der Waals surface area contributed by atoms with Gasteiger partial charge in [-0.3, -0.25) is 0 Å². The maximum Gasteiger partial charge on any atom is 0.335 e. The third kappa shape index (κ3) is 2.47. The van der Waals surface area contributed by atoms with Gasteiger partial charge in [0.1, 0.15) is 0 Å². The minimum absolute atomic E-state index is 0.325. The summed E-state index contributed by atoms with van der Waals surface area (Å²) in [5.41, 5.74) is 1.20. The number of nitrogens with one attached hydrogen (secondary N) is 2. The van der Waals surface area contributed by atoms with Gasteiger partial charge in [0.25, 0.3) is 0 Å². The Morgan fingerprint density at radius 3 is 3.07 bits per heavy atom. The molecule has 0 radical (unpaired) electrons. The molecule has 4 nitrogen and oxygen atoms in total. The van der Waals surface area contributed by atoms with E-state index >= 15 is 0 Å². The van der Waals surface area contributed by atoms with Gasteiger partial charge in [0.2, 0.25) is 0 Å². The number of rotatable bonds is 3. The second kappa shape index (κ2) is 4.31. The van der Waals surface area contributed by atoms with E-state index < -0.39 is 5.97 Å². The number of anilines is 1. The van der Waals surface area contributed by atoms with Gasteiger partial charge in [-0.05, 0) is 31.2 Å². The van der Waals surface area contributed by atoms with Crippen LogP contribution in [0.3, 0.4) is 0 Å². The number of hydrogen-bond donors (Lipinski definition) is 3. The quantitative estimate of drug-likeness (QED) is 0.694. The van der Waals surface area contributed by atoms with E-state index in [-0.39, 0.29) is 0 Å². The van der Waals surface area contributed by atoms with Crippen LogP contribution in [0, 0.1) is 0 Å². The summed E-state index contributed by atoms with van der Waals surface area (Å²) in [6.07, 6.45) is 1.08. The van der Waals surface area contributed by atoms with E-state index in [0.717, 1.165) is 25.2 Å². The Morgan fingerprint density at radius 1 is 1.53 bits per heavy atom. The maximum absolute atomic E-state index is 10.8. The number of hydrogen-bond acceptors (Lipinski definition) is 3. The van der Waals surface area contributed by atoms with Crippen molar-refractivity contribution in [1.82, 2.24) is 5.32 Å². The molecule has 0 aliphatic carbocycles. The first-order chi connectivity index (χ1) is 7.25. The van der Waals surface area contributed by atoms with Crippen LogP contribution in [0.4, 0.5) is 5.69 Å². The summed E-state index contributed by atoms with van der Waals surface area (Å²) in [4.78, 5) is 10.8. The van der Waals surface area contributed by atoms with E-state index in [2.05, 4.69) is 10.6 Å². The highest BCUT2D eigenvalue weighted by molar-refractivity contribution is 5.88. The Kier molecular flexibility index (Phi) is 2.87. The number of benzene rings is 1. The summed E-state index contributed by atoms with van der Waals surface area (Å²) in [5.74, 6) is -0.886. The Hall–Kier alpha value is -1.55. The van der Waals surface area contributed by atoms with Crippen molar-refractivity contribution in [2.24, 2.45) is 0 Å². The minimum Gasteiger partial charge on any atom is -0.478 e. The minimum atomic E-state index is -0.886. The van der Waals surface area contributed by atoms with E-state index in [1.54, 1.807) is 18.2 Å². The molecule has 1 saturated heterocycles. The average Bonchev–Trinajstić information content (AvgIpc) is 2.71. The van der Waals surface area contributed by atoms with E-state index in [4.69, 9.17) is 5.11 Å². The monoisotopic (exact) mass is 206 g/mol. The fourth-order valence-corrected chi connectivity index (χ4v) is 1.76. The molecular formula is C11H14N2O2. The van der Waals surface area contributed by atoms with Crippen LogP contribution >= 0.6 is 0 Å². The maximum atomic E-state index is 10.8. The van der Waals surface area contributed by atoms with Crippen molar-refractivity contribution in [1.29, 1.82) is 0 Å². The highest BCUT2D eigenvalue weighted by Crippen LogP contribution is 2.13. The van der Waals surface area contributed by atoms with Crippen LogP contribution in [-0.4, -0.2) is 30.2 Å². The lowest BCUT2D eigenvalue weighted by Crippen LogP contribution is -2.22. The van der Waals surface area contributed by atoms with Crippen LogP contribution in [0.5, 0.6) is 0 Å². The summed E-state index contributed by atoms with van der Waals surface area (Å²) >= 11 is 0. The zero-order chi connectivity index (χ0) is 10.7. The second-order valence-corrected chi connectivity index (χ2v) is 3.72. The third-order valence-corrected chi connectivity index (χ3v) is 2.54. The molecule has 80 valence electrons. The second-order valence-electron chi connectivity index (χ2n) is 3.72. The predicted molar refractivity (Wildman–Crippen MR) is 58.3 cm³/mol. The lowest BCUT2D eigenvalue weighted by Gasteiger charge is -2.12. The zero-order valence-corrected chi connectivity index (χ0v) is 8.36. The first kappa shape index (κ1) is 9.98. The smallest absolute Gasteiger partial charge is 0.335 e. The number of carbonyl (C=O) groups is 1. The Bertz CT molecular complexity index is 359. The van der Waals surface area contributed by atoms with Crippen LogP contribution in [0.15, 0.2) is 24.3 Å². The zero-order valence-electron chi connectivity index (χ0n) is 8.36. The Morgan fingerprint density at radius 2 is 2.40 bits per heavy atom. The van der Waals surface area contributed by atoms with Crippen LogP contribution in [0.2, 0.25) is 0 Å². The largest absolute Gasteiger partial charge is 0.478 e.